The number of benzene rings is 2. The smallest absolute Gasteiger partial charge is 0.332 e. The maximum Gasteiger partial charge on any atom is 0.332 e. The first-order valence-electron chi connectivity index (χ1n) is 12.7. The van der Waals surface area contributed by atoms with Crippen LogP contribution in [0.25, 0.3) is 22.3 Å². The van der Waals surface area contributed by atoms with E-state index in [2.05, 4.69) is 10.3 Å². The minimum Gasteiger partial charge on any atom is -0.376 e. The summed E-state index contributed by atoms with van der Waals surface area (Å²) in [6, 6.07) is 23.6. The van der Waals surface area contributed by atoms with Crippen LogP contribution in [-0.2, 0) is 24.9 Å². The molecule has 4 heterocycles. The van der Waals surface area contributed by atoms with Gasteiger partial charge in [0, 0.05) is 31.1 Å². The first kappa shape index (κ1) is 23.9. The van der Waals surface area contributed by atoms with E-state index in [1.54, 1.807) is 15.4 Å². The lowest BCUT2D eigenvalue weighted by molar-refractivity contribution is 0.0964. The molecular weight excluding hydrogens is 480 g/mol. The number of hydrogen-bond acceptors (Lipinski definition) is 6. The summed E-state index contributed by atoms with van der Waals surface area (Å²) in [7, 11) is 1.51. The molecule has 1 aliphatic heterocycles. The van der Waals surface area contributed by atoms with Crippen LogP contribution in [0.5, 0.6) is 0 Å². The molecule has 0 aliphatic carbocycles. The highest BCUT2D eigenvalue weighted by Crippen LogP contribution is 2.26. The van der Waals surface area contributed by atoms with Gasteiger partial charge in [-0.15, -0.1) is 0 Å². The van der Waals surface area contributed by atoms with E-state index in [4.69, 9.17) is 9.84 Å². The van der Waals surface area contributed by atoms with Gasteiger partial charge in [-0.1, -0.05) is 48.5 Å². The maximum atomic E-state index is 13.4. The molecule has 3 aromatic heterocycles. The van der Waals surface area contributed by atoms with E-state index in [1.165, 1.54) is 7.05 Å². The second kappa shape index (κ2) is 10.1. The van der Waals surface area contributed by atoms with Crippen LogP contribution in [0.4, 0.5) is 11.5 Å². The molecule has 1 N–H and O–H groups in total. The molecule has 38 heavy (non-hydrogen) atoms. The third-order valence-electron chi connectivity index (χ3n) is 6.92. The molecule has 0 amide bonds. The average Bonchev–Trinajstić information content (AvgIpc) is 3.60. The Balaban J connectivity index is 1.46. The lowest BCUT2D eigenvalue weighted by Crippen LogP contribution is -2.40. The van der Waals surface area contributed by atoms with E-state index in [1.807, 2.05) is 72.8 Å². The summed E-state index contributed by atoms with van der Waals surface area (Å²) >= 11 is 0. The van der Waals surface area contributed by atoms with Crippen LogP contribution in [-0.4, -0.2) is 36.6 Å². The molecule has 6 rings (SSSR count). The highest BCUT2D eigenvalue weighted by atomic mass is 16.5. The molecule has 192 valence electrons. The van der Waals surface area contributed by atoms with Crippen molar-refractivity contribution in [2.45, 2.75) is 32.0 Å². The summed E-state index contributed by atoms with van der Waals surface area (Å²) in [5.41, 5.74) is 3.31. The number of nitrogens with zero attached hydrogens (tertiary/aromatic N) is 5. The zero-order chi connectivity index (χ0) is 26.1. The molecule has 0 spiro atoms. The number of para-hydroxylation sites is 1. The van der Waals surface area contributed by atoms with Crippen molar-refractivity contribution in [1.29, 1.82) is 0 Å². The first-order valence-corrected chi connectivity index (χ1v) is 12.7. The number of nitrogens with one attached hydrogen (secondary N) is 1. The van der Waals surface area contributed by atoms with Crippen LogP contribution in [0.1, 0.15) is 18.4 Å². The number of pyridine rings is 1. The topological polar surface area (TPSA) is 96.0 Å². The van der Waals surface area contributed by atoms with E-state index < -0.39 is 5.69 Å². The number of aromatic nitrogens is 5. The van der Waals surface area contributed by atoms with Crippen molar-refractivity contribution in [3.8, 4) is 11.3 Å². The third-order valence-corrected chi connectivity index (χ3v) is 6.92. The Morgan fingerprint density at radius 2 is 1.79 bits per heavy atom. The van der Waals surface area contributed by atoms with Crippen molar-refractivity contribution in [1.82, 2.24) is 23.9 Å². The molecule has 2 aromatic carbocycles. The molecular formula is C29H28N6O3. The van der Waals surface area contributed by atoms with Gasteiger partial charge in [-0.05, 0) is 42.7 Å². The van der Waals surface area contributed by atoms with E-state index in [-0.39, 0.29) is 11.7 Å². The summed E-state index contributed by atoms with van der Waals surface area (Å²) in [6.45, 7) is 1.44. The number of rotatable bonds is 7. The molecule has 0 bridgehead atoms. The van der Waals surface area contributed by atoms with Gasteiger partial charge in [-0.2, -0.15) is 5.10 Å². The number of fused-ring (bicyclic) bond motifs is 1. The van der Waals surface area contributed by atoms with Crippen LogP contribution in [0.3, 0.4) is 0 Å². The predicted octanol–water partition coefficient (Wildman–Crippen LogP) is 3.93. The summed E-state index contributed by atoms with van der Waals surface area (Å²) in [5, 5.41) is 8.59. The molecule has 9 nitrogen and oxygen atoms in total. The number of hydrogen-bond donors (Lipinski definition) is 1. The van der Waals surface area contributed by atoms with E-state index >= 15 is 0 Å². The van der Waals surface area contributed by atoms with Crippen molar-refractivity contribution in [2.24, 2.45) is 7.05 Å². The van der Waals surface area contributed by atoms with Crippen LogP contribution in [0, 0.1) is 0 Å². The highest BCUT2D eigenvalue weighted by Gasteiger charge is 2.24. The van der Waals surface area contributed by atoms with Crippen molar-refractivity contribution in [3.05, 3.63) is 105 Å². The third kappa shape index (κ3) is 4.52. The Morgan fingerprint density at radius 3 is 2.50 bits per heavy atom. The van der Waals surface area contributed by atoms with Crippen molar-refractivity contribution >= 4 is 22.5 Å². The predicted molar refractivity (Wildman–Crippen MR) is 147 cm³/mol. The molecule has 1 unspecified atom stereocenters. The van der Waals surface area contributed by atoms with Crippen molar-refractivity contribution in [2.75, 3.05) is 11.9 Å². The highest BCUT2D eigenvalue weighted by molar-refractivity contribution is 5.89. The Morgan fingerprint density at radius 1 is 1.00 bits per heavy atom. The fourth-order valence-corrected chi connectivity index (χ4v) is 4.90. The second-order valence-electron chi connectivity index (χ2n) is 9.50. The molecule has 0 radical (unpaired) electrons. The van der Waals surface area contributed by atoms with E-state index in [9.17, 15) is 9.59 Å². The zero-order valence-electron chi connectivity index (χ0n) is 21.1. The molecule has 1 aliphatic rings. The van der Waals surface area contributed by atoms with Crippen LogP contribution < -0.4 is 16.6 Å². The van der Waals surface area contributed by atoms with Gasteiger partial charge in [0.05, 0.1) is 24.9 Å². The maximum absolute atomic E-state index is 13.4. The lowest BCUT2D eigenvalue weighted by Gasteiger charge is -2.13. The Kier molecular flexibility index (Phi) is 6.35. The Hall–Kier alpha value is -4.50. The normalized spacial score (nSPS) is 15.2. The van der Waals surface area contributed by atoms with Gasteiger partial charge in [0.25, 0.3) is 5.56 Å². The summed E-state index contributed by atoms with van der Waals surface area (Å²) in [6.07, 6.45) is 3.52. The van der Waals surface area contributed by atoms with Gasteiger partial charge >= 0.3 is 5.69 Å². The van der Waals surface area contributed by atoms with Gasteiger partial charge in [-0.3, -0.25) is 18.9 Å². The summed E-state index contributed by atoms with van der Waals surface area (Å²) < 4.78 is 10.3. The monoisotopic (exact) mass is 508 g/mol. The van der Waals surface area contributed by atoms with Crippen LogP contribution >= 0.6 is 0 Å². The van der Waals surface area contributed by atoms with Crippen LogP contribution in [0.2, 0.25) is 0 Å². The Bertz CT molecular complexity index is 1680. The SMILES string of the molecule is Cn1c(=O)c2c(Nc3ccccc3)n(Cc3ccc(-c4ccccn4)cc3)nc2n(CC2CCCO2)c1=O. The molecule has 0 saturated carbocycles. The lowest BCUT2D eigenvalue weighted by atomic mass is 10.1. The summed E-state index contributed by atoms with van der Waals surface area (Å²) in [4.78, 5) is 31.1. The molecule has 9 heteroatoms. The average molecular weight is 509 g/mol. The minimum atomic E-state index is -0.395. The fourth-order valence-electron chi connectivity index (χ4n) is 4.90. The number of anilines is 2. The second-order valence-corrected chi connectivity index (χ2v) is 9.50. The van der Waals surface area contributed by atoms with Gasteiger partial charge in [0.1, 0.15) is 11.2 Å². The van der Waals surface area contributed by atoms with Crippen molar-refractivity contribution in [3.63, 3.8) is 0 Å². The standard InChI is InChI=1S/C29H28N6O3/c1-33-28(36)25-26(31-22-8-3-2-4-9-22)35(32-27(25)34(29(33)37)19-23-10-7-17-38-23)18-20-12-14-21(15-13-20)24-11-5-6-16-30-24/h2-6,8-9,11-16,23,31H,7,10,17-19H2,1H3. The van der Waals surface area contributed by atoms with Gasteiger partial charge in [0.15, 0.2) is 5.65 Å². The summed E-state index contributed by atoms with van der Waals surface area (Å²) in [5.74, 6) is 0.543. The van der Waals surface area contributed by atoms with Crippen LogP contribution in [0.15, 0.2) is 88.6 Å². The minimum absolute atomic E-state index is 0.0803. The van der Waals surface area contributed by atoms with Gasteiger partial charge in [-0.25, -0.2) is 9.48 Å². The molecule has 5 aromatic rings. The quantitative estimate of drug-likeness (QED) is 0.358. The first-order chi connectivity index (χ1) is 18.6. The van der Waals surface area contributed by atoms with E-state index in [0.29, 0.717) is 36.5 Å². The zero-order valence-corrected chi connectivity index (χ0v) is 21.1. The largest absolute Gasteiger partial charge is 0.376 e. The van der Waals surface area contributed by atoms with E-state index in [0.717, 1.165) is 39.9 Å². The molecule has 1 fully saturated rings. The molecule has 1 saturated heterocycles. The van der Waals surface area contributed by atoms with Crippen molar-refractivity contribution < 1.29 is 4.74 Å². The fraction of sp³-hybridized carbons (Fsp3) is 0.241. The molecule has 1 atom stereocenters. The number of ether oxygens (including phenoxy) is 1. The van der Waals surface area contributed by atoms with Gasteiger partial charge in [0.2, 0.25) is 0 Å². The van der Waals surface area contributed by atoms with Gasteiger partial charge < -0.3 is 10.1 Å². The Labute approximate surface area is 219 Å².